The Hall–Kier alpha value is -2.62. The Balaban J connectivity index is 1.71. The van der Waals surface area contributed by atoms with E-state index in [2.05, 4.69) is 5.32 Å². The molecule has 1 atom stereocenters. The van der Waals surface area contributed by atoms with Crippen LogP contribution in [0.5, 0.6) is 0 Å². The van der Waals surface area contributed by atoms with Crippen LogP contribution in [0.4, 0.5) is 10.5 Å². The summed E-state index contributed by atoms with van der Waals surface area (Å²) in [4.78, 5) is 37.0. The van der Waals surface area contributed by atoms with Crippen molar-refractivity contribution in [2.24, 2.45) is 0 Å². The normalized spacial score (nSPS) is 17.7. The van der Waals surface area contributed by atoms with Crippen molar-refractivity contribution in [3.05, 3.63) is 29.3 Å². The summed E-state index contributed by atoms with van der Waals surface area (Å²) in [6.45, 7) is 2.34. The highest BCUT2D eigenvalue weighted by molar-refractivity contribution is 7.92. The molecule has 3 rings (SSSR count). The van der Waals surface area contributed by atoms with Gasteiger partial charge in [0.15, 0.2) is 6.10 Å². The first-order valence-electron chi connectivity index (χ1n) is 8.09. The van der Waals surface area contributed by atoms with Gasteiger partial charge in [-0.25, -0.2) is 18.0 Å². The third kappa shape index (κ3) is 3.36. The molecule has 9 nitrogen and oxygen atoms in total. The predicted octanol–water partition coefficient (Wildman–Crippen LogP) is 0.106. The molecule has 1 saturated heterocycles. The second kappa shape index (κ2) is 6.60. The molecule has 140 valence electrons. The van der Waals surface area contributed by atoms with Crippen molar-refractivity contribution in [1.82, 2.24) is 10.2 Å². The molecule has 1 fully saturated rings. The van der Waals surface area contributed by atoms with E-state index >= 15 is 0 Å². The first kappa shape index (κ1) is 18.2. The Labute approximate surface area is 150 Å². The number of rotatable bonds is 4. The minimum atomic E-state index is -3.36. The topological polar surface area (TPSA) is 113 Å². The monoisotopic (exact) mass is 381 g/mol. The molecular formula is C16H19N3O6S. The first-order valence-corrected chi connectivity index (χ1v) is 9.94. The standard InChI is InChI=1S/C16H19N3O6S/c1-10(14(20)18-8-6-17-16(18)22)25-15(21)12-3-4-13-11(9-12)5-7-19(13)26(2,23)24/h3-4,9-10H,5-8H2,1-2H3,(H,17,22)/t10-/m1/s1. The van der Waals surface area contributed by atoms with Crippen molar-refractivity contribution in [1.29, 1.82) is 0 Å². The van der Waals surface area contributed by atoms with E-state index in [1.807, 2.05) is 0 Å². The van der Waals surface area contributed by atoms with Gasteiger partial charge in [0, 0.05) is 19.6 Å². The number of benzene rings is 1. The molecule has 1 aromatic carbocycles. The summed E-state index contributed by atoms with van der Waals surface area (Å²) < 4.78 is 30.0. The quantitative estimate of drug-likeness (QED) is 0.741. The summed E-state index contributed by atoms with van der Waals surface area (Å²) in [6, 6.07) is 4.09. The Morgan fingerprint density at radius 1 is 1.27 bits per heavy atom. The van der Waals surface area contributed by atoms with Crippen molar-refractivity contribution in [2.75, 3.05) is 30.2 Å². The fraction of sp³-hybridized carbons (Fsp3) is 0.438. The van der Waals surface area contributed by atoms with Crippen LogP contribution < -0.4 is 9.62 Å². The van der Waals surface area contributed by atoms with Gasteiger partial charge in [0.1, 0.15) is 0 Å². The maximum atomic E-state index is 12.3. The van der Waals surface area contributed by atoms with Crippen LogP contribution in [-0.2, 0) is 26.0 Å². The molecule has 0 aromatic heterocycles. The molecule has 0 radical (unpaired) electrons. The number of anilines is 1. The molecule has 0 spiro atoms. The maximum Gasteiger partial charge on any atom is 0.338 e. The number of ether oxygens (including phenoxy) is 1. The van der Waals surface area contributed by atoms with Gasteiger partial charge in [-0.2, -0.15) is 0 Å². The van der Waals surface area contributed by atoms with Gasteiger partial charge in [-0.1, -0.05) is 0 Å². The predicted molar refractivity (Wildman–Crippen MR) is 92.3 cm³/mol. The number of sulfonamides is 1. The molecule has 3 amide bonds. The van der Waals surface area contributed by atoms with Gasteiger partial charge in [-0.3, -0.25) is 14.0 Å². The lowest BCUT2D eigenvalue weighted by Gasteiger charge is -2.19. The zero-order chi connectivity index (χ0) is 19.1. The van der Waals surface area contributed by atoms with Gasteiger partial charge in [0.25, 0.3) is 5.91 Å². The summed E-state index contributed by atoms with van der Waals surface area (Å²) in [6.07, 6.45) is 0.519. The molecule has 1 N–H and O–H groups in total. The molecule has 10 heteroatoms. The van der Waals surface area contributed by atoms with E-state index in [1.165, 1.54) is 17.3 Å². The maximum absolute atomic E-state index is 12.3. The van der Waals surface area contributed by atoms with Crippen LogP contribution in [0.15, 0.2) is 18.2 Å². The molecular weight excluding hydrogens is 362 g/mol. The first-order chi connectivity index (χ1) is 12.2. The number of esters is 1. The smallest absolute Gasteiger partial charge is 0.338 e. The van der Waals surface area contributed by atoms with E-state index in [0.29, 0.717) is 25.2 Å². The van der Waals surface area contributed by atoms with E-state index in [0.717, 1.165) is 16.7 Å². The number of imide groups is 1. The van der Waals surface area contributed by atoms with Crippen LogP contribution >= 0.6 is 0 Å². The lowest BCUT2D eigenvalue weighted by atomic mass is 10.1. The Kier molecular flexibility index (Phi) is 4.61. The summed E-state index contributed by atoms with van der Waals surface area (Å²) in [7, 11) is -3.36. The van der Waals surface area contributed by atoms with Crippen LogP contribution in [0, 0.1) is 0 Å². The van der Waals surface area contributed by atoms with Gasteiger partial charge in [-0.15, -0.1) is 0 Å². The molecule has 0 unspecified atom stereocenters. The number of fused-ring (bicyclic) bond motifs is 1. The van der Waals surface area contributed by atoms with Crippen LogP contribution in [0.1, 0.15) is 22.8 Å². The van der Waals surface area contributed by atoms with Gasteiger partial charge in [-0.05, 0) is 37.1 Å². The summed E-state index contributed by atoms with van der Waals surface area (Å²) in [5.41, 5.74) is 1.49. The van der Waals surface area contributed by atoms with Crippen LogP contribution in [0.2, 0.25) is 0 Å². The Morgan fingerprint density at radius 2 is 2.00 bits per heavy atom. The van der Waals surface area contributed by atoms with Crippen molar-refractivity contribution in [3.8, 4) is 0 Å². The van der Waals surface area contributed by atoms with Crippen LogP contribution in [-0.4, -0.2) is 63.2 Å². The van der Waals surface area contributed by atoms with E-state index in [4.69, 9.17) is 4.74 Å². The SMILES string of the molecule is C[C@@H](OC(=O)c1ccc2c(c1)CCN2S(C)(=O)=O)C(=O)N1CCNC1=O. The minimum absolute atomic E-state index is 0.227. The fourth-order valence-corrected chi connectivity index (χ4v) is 3.98. The van der Waals surface area contributed by atoms with Crippen molar-refractivity contribution < 1.29 is 27.5 Å². The molecule has 2 aliphatic heterocycles. The highest BCUT2D eigenvalue weighted by Gasteiger charge is 2.32. The highest BCUT2D eigenvalue weighted by Crippen LogP contribution is 2.31. The van der Waals surface area contributed by atoms with Gasteiger partial charge < -0.3 is 10.1 Å². The number of amides is 3. The number of carbonyl (C=O) groups is 3. The number of nitrogens with zero attached hydrogens (tertiary/aromatic N) is 2. The molecule has 0 aliphatic carbocycles. The van der Waals surface area contributed by atoms with Crippen LogP contribution in [0.3, 0.4) is 0 Å². The Morgan fingerprint density at radius 3 is 2.62 bits per heavy atom. The molecule has 2 aliphatic rings. The lowest BCUT2D eigenvalue weighted by molar-refractivity contribution is -0.136. The number of nitrogens with one attached hydrogen (secondary N) is 1. The fourth-order valence-electron chi connectivity index (χ4n) is 3.02. The number of urea groups is 1. The number of carbonyl (C=O) groups excluding carboxylic acids is 3. The molecule has 0 bridgehead atoms. The third-order valence-corrected chi connectivity index (χ3v) is 5.50. The van der Waals surface area contributed by atoms with Crippen molar-refractivity contribution >= 4 is 33.6 Å². The summed E-state index contributed by atoms with van der Waals surface area (Å²) >= 11 is 0. The second-order valence-electron chi connectivity index (χ2n) is 6.20. The van der Waals surface area contributed by atoms with E-state index in [-0.39, 0.29) is 12.1 Å². The highest BCUT2D eigenvalue weighted by atomic mass is 32.2. The van der Waals surface area contributed by atoms with Crippen LogP contribution in [0.25, 0.3) is 0 Å². The summed E-state index contributed by atoms with van der Waals surface area (Å²) in [5.74, 6) is -1.29. The molecule has 0 saturated carbocycles. The van der Waals surface area contributed by atoms with Crippen molar-refractivity contribution in [3.63, 3.8) is 0 Å². The zero-order valence-corrected chi connectivity index (χ0v) is 15.2. The average Bonchev–Trinajstić information content (AvgIpc) is 3.18. The molecule has 2 heterocycles. The summed E-state index contributed by atoms with van der Waals surface area (Å²) in [5, 5.41) is 2.51. The van der Waals surface area contributed by atoms with Crippen molar-refractivity contribution in [2.45, 2.75) is 19.4 Å². The van der Waals surface area contributed by atoms with Gasteiger partial charge >= 0.3 is 12.0 Å². The van der Waals surface area contributed by atoms with E-state index in [9.17, 15) is 22.8 Å². The van der Waals surface area contributed by atoms with Gasteiger partial charge in [0.05, 0.1) is 17.5 Å². The van der Waals surface area contributed by atoms with E-state index in [1.54, 1.807) is 12.1 Å². The minimum Gasteiger partial charge on any atom is -0.449 e. The largest absolute Gasteiger partial charge is 0.449 e. The third-order valence-electron chi connectivity index (χ3n) is 4.32. The average molecular weight is 381 g/mol. The zero-order valence-electron chi connectivity index (χ0n) is 14.4. The lowest BCUT2D eigenvalue weighted by Crippen LogP contribution is -2.41. The number of hydrogen-bond acceptors (Lipinski definition) is 6. The van der Waals surface area contributed by atoms with Gasteiger partial charge in [0.2, 0.25) is 10.0 Å². The molecule has 26 heavy (non-hydrogen) atoms. The Bertz CT molecular complexity index is 882. The number of hydrogen-bond donors (Lipinski definition) is 1. The van der Waals surface area contributed by atoms with E-state index < -0.39 is 34.0 Å². The second-order valence-corrected chi connectivity index (χ2v) is 8.10. The molecule has 1 aromatic rings.